The summed E-state index contributed by atoms with van der Waals surface area (Å²) in [5.41, 5.74) is 1.85. The molecule has 3 N–H and O–H groups in total. The minimum atomic E-state index is -1.51. The molecule has 1 amide bonds. The predicted molar refractivity (Wildman–Crippen MR) is 161 cm³/mol. The maximum Gasteiger partial charge on any atom is 0.303 e. The van der Waals surface area contributed by atoms with Gasteiger partial charge in [-0.15, -0.1) is 0 Å². The van der Waals surface area contributed by atoms with Crippen molar-refractivity contribution in [1.82, 2.24) is 0 Å². The molecule has 1 heterocycles. The number of carbonyl (C=O) groups excluding carboxylic acids is 5. The van der Waals surface area contributed by atoms with Crippen LogP contribution < -0.4 is 5.32 Å². The van der Waals surface area contributed by atoms with E-state index in [1.807, 2.05) is 30.3 Å². The minimum absolute atomic E-state index is 0.139. The van der Waals surface area contributed by atoms with Gasteiger partial charge in [0.05, 0.1) is 5.69 Å². The van der Waals surface area contributed by atoms with Crippen molar-refractivity contribution in [2.24, 2.45) is 0 Å². The van der Waals surface area contributed by atoms with E-state index in [4.69, 9.17) is 23.7 Å². The standard InChI is InChI=1S/C33H33NO12/c1-17(35)42-16-28-30(43-18(2)36)32(45-20(4)38)31(44-19(3)37)29(46-28)24-14-27(40)25(15-26(24)39)34-33(41)23-12-10-22(11-13-23)21-8-6-5-7-9-21/h5-15,28-32,39-40H,16H2,1-4H3,(H,34,41)/t28-,29+,30-,31+,32+/m1/s1. The van der Waals surface area contributed by atoms with Crippen LogP contribution in [0.15, 0.2) is 66.7 Å². The van der Waals surface area contributed by atoms with Crippen LogP contribution >= 0.6 is 0 Å². The Balaban J connectivity index is 1.66. The molecule has 1 saturated heterocycles. The van der Waals surface area contributed by atoms with Gasteiger partial charge < -0.3 is 39.2 Å². The smallest absolute Gasteiger partial charge is 0.303 e. The van der Waals surface area contributed by atoms with Crippen LogP contribution in [0.25, 0.3) is 11.1 Å². The molecule has 0 radical (unpaired) electrons. The van der Waals surface area contributed by atoms with Crippen LogP contribution in [0.5, 0.6) is 11.5 Å². The summed E-state index contributed by atoms with van der Waals surface area (Å²) >= 11 is 0. The molecular formula is C33H33NO12. The first kappa shape index (κ1) is 33.5. The third kappa shape index (κ3) is 8.18. The number of amides is 1. The highest BCUT2D eigenvalue weighted by Gasteiger charge is 2.53. The Bertz CT molecular complexity index is 1600. The second-order valence-electron chi connectivity index (χ2n) is 10.4. The highest BCUT2D eigenvalue weighted by atomic mass is 16.7. The number of benzene rings is 3. The molecule has 1 aliphatic rings. The summed E-state index contributed by atoms with van der Waals surface area (Å²) in [6.07, 6.45) is -7.10. The number of ether oxygens (including phenoxy) is 5. The maximum absolute atomic E-state index is 13.0. The summed E-state index contributed by atoms with van der Waals surface area (Å²) in [4.78, 5) is 60.8. The SMILES string of the molecule is CC(=O)OC[C@H]1O[C@@H](c2cc(O)c(NC(=O)c3ccc(-c4ccccc4)cc3)cc2O)[C@H](OC(C)=O)[C@@H](OC(C)=O)[C@@H]1OC(C)=O. The lowest BCUT2D eigenvalue weighted by Gasteiger charge is -2.44. The molecule has 242 valence electrons. The van der Waals surface area contributed by atoms with Crippen LogP contribution in [-0.2, 0) is 42.9 Å². The fourth-order valence-electron chi connectivity index (χ4n) is 5.04. The average molecular weight is 636 g/mol. The molecule has 1 aliphatic heterocycles. The van der Waals surface area contributed by atoms with Crippen molar-refractivity contribution in [3.05, 3.63) is 77.9 Å². The summed E-state index contributed by atoms with van der Waals surface area (Å²) in [5, 5.41) is 24.5. The monoisotopic (exact) mass is 635 g/mol. The highest BCUT2D eigenvalue weighted by molar-refractivity contribution is 6.05. The zero-order valence-electron chi connectivity index (χ0n) is 25.4. The van der Waals surface area contributed by atoms with Crippen molar-refractivity contribution in [1.29, 1.82) is 0 Å². The van der Waals surface area contributed by atoms with Gasteiger partial charge in [-0.25, -0.2) is 0 Å². The molecule has 5 atom stereocenters. The van der Waals surface area contributed by atoms with Gasteiger partial charge in [0.2, 0.25) is 0 Å². The molecule has 13 heteroatoms. The van der Waals surface area contributed by atoms with Gasteiger partial charge in [-0.2, -0.15) is 0 Å². The van der Waals surface area contributed by atoms with E-state index in [1.54, 1.807) is 24.3 Å². The summed E-state index contributed by atoms with van der Waals surface area (Å²) < 4.78 is 27.4. The van der Waals surface area contributed by atoms with Crippen molar-refractivity contribution in [3.8, 4) is 22.6 Å². The van der Waals surface area contributed by atoms with E-state index in [2.05, 4.69) is 5.32 Å². The summed E-state index contributed by atoms with van der Waals surface area (Å²) in [5.74, 6) is -4.72. The lowest BCUT2D eigenvalue weighted by molar-refractivity contribution is -0.254. The first-order valence-electron chi connectivity index (χ1n) is 14.2. The predicted octanol–water partition coefficient (Wildman–Crippen LogP) is 3.82. The topological polar surface area (TPSA) is 184 Å². The Morgan fingerprint density at radius 3 is 1.85 bits per heavy atom. The van der Waals surface area contributed by atoms with Crippen molar-refractivity contribution in [2.45, 2.75) is 58.2 Å². The third-order valence-corrected chi connectivity index (χ3v) is 6.94. The molecule has 0 bridgehead atoms. The molecule has 0 aliphatic carbocycles. The average Bonchev–Trinajstić information content (AvgIpc) is 3.00. The van der Waals surface area contributed by atoms with Crippen molar-refractivity contribution in [3.63, 3.8) is 0 Å². The normalized spacial score (nSPS) is 20.6. The number of carbonyl (C=O) groups is 5. The van der Waals surface area contributed by atoms with Gasteiger partial charge in [0, 0.05) is 44.9 Å². The molecule has 13 nitrogen and oxygen atoms in total. The van der Waals surface area contributed by atoms with Crippen molar-refractivity contribution >= 4 is 35.5 Å². The highest BCUT2D eigenvalue weighted by Crippen LogP contribution is 2.43. The third-order valence-electron chi connectivity index (χ3n) is 6.94. The van der Waals surface area contributed by atoms with Gasteiger partial charge >= 0.3 is 23.9 Å². The van der Waals surface area contributed by atoms with E-state index < -0.39 is 78.4 Å². The van der Waals surface area contributed by atoms with Gasteiger partial charge in [-0.1, -0.05) is 42.5 Å². The number of nitrogens with one attached hydrogen (secondary N) is 1. The fourth-order valence-corrected chi connectivity index (χ4v) is 5.04. The second kappa shape index (κ2) is 14.6. The lowest BCUT2D eigenvalue weighted by Crippen LogP contribution is -2.59. The zero-order chi connectivity index (χ0) is 33.5. The molecule has 4 rings (SSSR count). The quantitative estimate of drug-likeness (QED) is 0.134. The molecule has 0 unspecified atom stereocenters. The van der Waals surface area contributed by atoms with Gasteiger partial charge in [-0.3, -0.25) is 24.0 Å². The lowest BCUT2D eigenvalue weighted by atomic mass is 9.89. The Morgan fingerprint density at radius 2 is 1.26 bits per heavy atom. The van der Waals surface area contributed by atoms with Crippen LogP contribution in [0.3, 0.4) is 0 Å². The molecular weight excluding hydrogens is 602 g/mol. The number of phenolic OH excluding ortho intramolecular Hbond substituents is 2. The summed E-state index contributed by atoms with van der Waals surface area (Å²) in [6.45, 7) is 3.92. The molecule has 3 aromatic carbocycles. The maximum atomic E-state index is 13.0. The first-order valence-corrected chi connectivity index (χ1v) is 14.2. The number of hydrogen-bond acceptors (Lipinski definition) is 12. The number of esters is 4. The van der Waals surface area contributed by atoms with Crippen molar-refractivity contribution in [2.75, 3.05) is 11.9 Å². The van der Waals surface area contributed by atoms with Gasteiger partial charge in [0.1, 0.15) is 30.3 Å². The second-order valence-corrected chi connectivity index (χ2v) is 10.4. The molecule has 0 saturated carbocycles. The van der Waals surface area contributed by atoms with Crippen LogP contribution in [0.4, 0.5) is 5.69 Å². The number of rotatable bonds is 9. The van der Waals surface area contributed by atoms with Crippen LogP contribution in [0.1, 0.15) is 49.7 Å². The van der Waals surface area contributed by atoms with Crippen molar-refractivity contribution < 1.29 is 57.9 Å². The van der Waals surface area contributed by atoms with Crippen LogP contribution in [0, 0.1) is 0 Å². The van der Waals surface area contributed by atoms with Gasteiger partial charge in [0.25, 0.3) is 5.91 Å². The Morgan fingerprint density at radius 1 is 0.696 bits per heavy atom. The van der Waals surface area contributed by atoms with Crippen LogP contribution in [0.2, 0.25) is 0 Å². The molecule has 1 fully saturated rings. The van der Waals surface area contributed by atoms with E-state index in [0.717, 1.165) is 51.0 Å². The number of aromatic hydroxyl groups is 2. The first-order chi connectivity index (χ1) is 21.8. The van der Waals surface area contributed by atoms with E-state index in [-0.39, 0.29) is 16.8 Å². The zero-order valence-corrected chi connectivity index (χ0v) is 25.4. The van der Waals surface area contributed by atoms with Crippen LogP contribution in [-0.4, -0.2) is 71.0 Å². The summed E-state index contributed by atoms with van der Waals surface area (Å²) in [6, 6.07) is 18.5. The molecule has 0 aromatic heterocycles. The van der Waals surface area contributed by atoms with E-state index >= 15 is 0 Å². The van der Waals surface area contributed by atoms with E-state index in [9.17, 15) is 34.2 Å². The molecule has 3 aromatic rings. The Kier molecular flexibility index (Phi) is 10.6. The van der Waals surface area contributed by atoms with E-state index in [0.29, 0.717) is 0 Å². The molecule has 46 heavy (non-hydrogen) atoms. The molecule has 0 spiro atoms. The number of anilines is 1. The van der Waals surface area contributed by atoms with Gasteiger partial charge in [-0.05, 0) is 29.3 Å². The minimum Gasteiger partial charge on any atom is -0.507 e. The number of hydrogen-bond donors (Lipinski definition) is 3. The Hall–Kier alpha value is -5.43. The fraction of sp³-hybridized carbons (Fsp3) is 0.303. The van der Waals surface area contributed by atoms with Gasteiger partial charge in [0.15, 0.2) is 18.3 Å². The van der Waals surface area contributed by atoms with E-state index in [1.165, 1.54) is 0 Å². The largest absolute Gasteiger partial charge is 0.507 e. The summed E-state index contributed by atoms with van der Waals surface area (Å²) in [7, 11) is 0. The Labute approximate surface area is 264 Å². The number of phenols is 2.